The zero-order valence-corrected chi connectivity index (χ0v) is 18.1. The fourth-order valence-electron chi connectivity index (χ4n) is 3.49. The molecule has 2 aromatic carbocycles. The maximum atomic E-state index is 10.6. The van der Waals surface area contributed by atoms with Crippen molar-refractivity contribution < 1.29 is 23.1 Å². The third-order valence-corrected chi connectivity index (χ3v) is 6.32. The Labute approximate surface area is 187 Å². The number of piperidine rings is 1. The summed E-state index contributed by atoms with van der Waals surface area (Å²) in [5, 5.41) is 14.9. The van der Waals surface area contributed by atoms with E-state index in [2.05, 4.69) is 52.0 Å². The van der Waals surface area contributed by atoms with E-state index >= 15 is 0 Å². The molecule has 0 atom stereocenters. The van der Waals surface area contributed by atoms with Gasteiger partial charge in [0.15, 0.2) is 0 Å². The zero-order valence-electron chi connectivity index (χ0n) is 16.5. The first-order valence-electron chi connectivity index (χ1n) is 9.74. The number of thiophene rings is 1. The Hall–Kier alpha value is -2.29. The van der Waals surface area contributed by atoms with Gasteiger partial charge in [-0.1, -0.05) is 29.8 Å². The third kappa shape index (κ3) is 6.35. The maximum Gasteiger partial charge on any atom is 0.490 e. The van der Waals surface area contributed by atoms with E-state index in [1.54, 1.807) is 11.3 Å². The highest BCUT2D eigenvalue weighted by molar-refractivity contribution is 7.17. The molecule has 4 rings (SSSR count). The van der Waals surface area contributed by atoms with Crippen molar-refractivity contribution in [2.45, 2.75) is 31.6 Å². The predicted molar refractivity (Wildman–Crippen MR) is 119 cm³/mol. The van der Waals surface area contributed by atoms with Crippen molar-refractivity contribution in [2.75, 3.05) is 18.0 Å². The number of alkyl halides is 3. The number of fused-ring (bicyclic) bond motifs is 1. The van der Waals surface area contributed by atoms with E-state index in [-0.39, 0.29) is 0 Å². The van der Waals surface area contributed by atoms with Gasteiger partial charge >= 0.3 is 12.1 Å². The number of nitrogens with one attached hydrogen (secondary N) is 1. The van der Waals surface area contributed by atoms with E-state index in [1.165, 1.54) is 34.2 Å². The summed E-state index contributed by atoms with van der Waals surface area (Å²) in [5.41, 5.74) is 2.50. The van der Waals surface area contributed by atoms with Gasteiger partial charge in [0.05, 0.1) is 0 Å². The van der Waals surface area contributed by atoms with Crippen molar-refractivity contribution in [3.8, 4) is 0 Å². The molecule has 4 nitrogen and oxygen atoms in total. The molecule has 1 fully saturated rings. The lowest BCUT2D eigenvalue weighted by Gasteiger charge is -2.37. The van der Waals surface area contributed by atoms with E-state index in [9.17, 15) is 13.2 Å². The molecule has 1 aliphatic heterocycles. The Bertz CT molecular complexity index is 1020. The minimum Gasteiger partial charge on any atom is -0.475 e. The van der Waals surface area contributed by atoms with Crippen molar-refractivity contribution in [1.29, 1.82) is 0 Å². The molecule has 0 aliphatic carbocycles. The van der Waals surface area contributed by atoms with Gasteiger partial charge in [0, 0.05) is 28.0 Å². The van der Waals surface area contributed by atoms with Crippen molar-refractivity contribution in [1.82, 2.24) is 5.32 Å². The van der Waals surface area contributed by atoms with Crippen LogP contribution in [0.15, 0.2) is 53.9 Å². The minimum atomic E-state index is -5.08. The molecule has 0 saturated carbocycles. The fourth-order valence-corrected chi connectivity index (χ4v) is 4.46. The van der Waals surface area contributed by atoms with Crippen LogP contribution in [-0.4, -0.2) is 36.4 Å². The second-order valence-electron chi connectivity index (χ2n) is 7.15. The second kappa shape index (κ2) is 10.3. The van der Waals surface area contributed by atoms with Crippen LogP contribution in [0.2, 0.25) is 5.02 Å². The molecule has 0 radical (unpaired) electrons. The molecular formula is C22H22ClF3N2O2S. The number of carbonyl (C=O) groups is 1. The number of nitrogens with zero attached hydrogens (tertiary/aromatic N) is 1. The molecule has 2 heterocycles. The largest absolute Gasteiger partial charge is 0.490 e. The monoisotopic (exact) mass is 470 g/mol. The number of benzene rings is 2. The Balaban J connectivity index is 0.000000339. The van der Waals surface area contributed by atoms with Crippen molar-refractivity contribution in [3.05, 3.63) is 64.5 Å². The van der Waals surface area contributed by atoms with E-state index < -0.39 is 12.1 Å². The second-order valence-corrected chi connectivity index (χ2v) is 8.50. The summed E-state index contributed by atoms with van der Waals surface area (Å²) in [6.07, 6.45) is -2.74. The lowest BCUT2D eigenvalue weighted by Crippen LogP contribution is -2.43. The number of carboxylic acids is 1. The first-order chi connectivity index (χ1) is 14.8. The fraction of sp³-hybridized carbons (Fsp3) is 0.318. The molecule has 166 valence electrons. The van der Waals surface area contributed by atoms with Gasteiger partial charge in [-0.3, -0.25) is 0 Å². The molecule has 1 aliphatic rings. The molecule has 0 spiro atoms. The SMILES string of the molecule is Clc1ccccc1CN(c1ccc2sccc2c1)C1CCNCC1.O=C(O)C(F)(F)F. The number of hydrogen-bond acceptors (Lipinski definition) is 4. The van der Waals surface area contributed by atoms with Crippen LogP contribution in [-0.2, 0) is 11.3 Å². The number of aliphatic carboxylic acids is 1. The van der Waals surface area contributed by atoms with Crippen molar-refractivity contribution in [3.63, 3.8) is 0 Å². The summed E-state index contributed by atoms with van der Waals surface area (Å²) >= 11 is 8.24. The van der Waals surface area contributed by atoms with Crippen molar-refractivity contribution in [2.24, 2.45) is 0 Å². The minimum absolute atomic E-state index is 0.554. The molecule has 3 aromatic rings. The van der Waals surface area contributed by atoms with Gasteiger partial charge in [-0.05, 0) is 72.6 Å². The summed E-state index contributed by atoms with van der Waals surface area (Å²) in [6, 6.07) is 17.8. The Morgan fingerprint density at radius 3 is 2.48 bits per heavy atom. The van der Waals surface area contributed by atoms with Gasteiger partial charge in [0.1, 0.15) is 0 Å². The standard InChI is InChI=1S/C20H21ClN2S.C2HF3O2/c21-19-4-2-1-3-16(19)14-23(17-7-10-22-11-8-17)18-5-6-20-15(13-18)9-12-24-20;3-2(4,5)1(6)7/h1-6,9,12-13,17,22H,7-8,10-11,14H2;(H,6,7). The van der Waals surface area contributed by atoms with Crippen LogP contribution in [0.4, 0.5) is 18.9 Å². The van der Waals surface area contributed by atoms with Gasteiger partial charge in [0.2, 0.25) is 0 Å². The van der Waals surface area contributed by atoms with Gasteiger partial charge in [-0.25, -0.2) is 4.79 Å². The van der Waals surface area contributed by atoms with Gasteiger partial charge in [-0.15, -0.1) is 11.3 Å². The lowest BCUT2D eigenvalue weighted by atomic mass is 10.0. The topological polar surface area (TPSA) is 52.6 Å². The smallest absolute Gasteiger partial charge is 0.475 e. The summed E-state index contributed by atoms with van der Waals surface area (Å²) in [4.78, 5) is 11.4. The number of carboxylic acid groups (broad SMARTS) is 1. The molecule has 0 bridgehead atoms. The van der Waals surface area contributed by atoms with Crippen LogP contribution < -0.4 is 10.2 Å². The average molecular weight is 471 g/mol. The molecule has 1 aromatic heterocycles. The highest BCUT2D eigenvalue weighted by Gasteiger charge is 2.38. The summed E-state index contributed by atoms with van der Waals surface area (Å²) in [5.74, 6) is -2.76. The third-order valence-electron chi connectivity index (χ3n) is 5.06. The molecule has 0 unspecified atom stereocenters. The normalized spacial score (nSPS) is 14.7. The molecule has 31 heavy (non-hydrogen) atoms. The number of halogens is 4. The Morgan fingerprint density at radius 2 is 1.84 bits per heavy atom. The van der Waals surface area contributed by atoms with Gasteiger partial charge < -0.3 is 15.3 Å². The highest BCUT2D eigenvalue weighted by Crippen LogP contribution is 2.31. The van der Waals surface area contributed by atoms with E-state index in [0.29, 0.717) is 6.04 Å². The van der Waals surface area contributed by atoms with Gasteiger partial charge in [-0.2, -0.15) is 13.2 Å². The van der Waals surface area contributed by atoms with E-state index in [4.69, 9.17) is 21.5 Å². The number of hydrogen-bond donors (Lipinski definition) is 2. The van der Waals surface area contributed by atoms with Crippen LogP contribution in [0.25, 0.3) is 10.1 Å². The van der Waals surface area contributed by atoms with Crippen LogP contribution in [0.5, 0.6) is 0 Å². The highest BCUT2D eigenvalue weighted by atomic mass is 35.5. The van der Waals surface area contributed by atoms with Gasteiger partial charge in [0.25, 0.3) is 0 Å². The average Bonchev–Trinajstić information content (AvgIpc) is 3.21. The number of anilines is 1. The van der Waals surface area contributed by atoms with E-state index in [1.807, 2.05) is 12.1 Å². The summed E-state index contributed by atoms with van der Waals surface area (Å²) in [6.45, 7) is 3.04. The molecule has 9 heteroatoms. The molecule has 1 saturated heterocycles. The number of rotatable bonds is 4. The zero-order chi connectivity index (χ0) is 22.4. The quantitative estimate of drug-likeness (QED) is 0.495. The Morgan fingerprint density at radius 1 is 1.16 bits per heavy atom. The summed E-state index contributed by atoms with van der Waals surface area (Å²) in [7, 11) is 0. The van der Waals surface area contributed by atoms with Crippen LogP contribution in [0.1, 0.15) is 18.4 Å². The lowest BCUT2D eigenvalue weighted by molar-refractivity contribution is -0.192. The molecular weight excluding hydrogens is 449 g/mol. The Kier molecular flexibility index (Phi) is 7.80. The maximum absolute atomic E-state index is 10.6. The predicted octanol–water partition coefficient (Wildman–Crippen LogP) is 5.95. The van der Waals surface area contributed by atoms with Crippen molar-refractivity contribution >= 4 is 44.7 Å². The molecule has 2 N–H and O–H groups in total. The first kappa shape index (κ1) is 23.4. The van der Waals surface area contributed by atoms with Crippen LogP contribution >= 0.6 is 22.9 Å². The molecule has 0 amide bonds. The summed E-state index contributed by atoms with van der Waals surface area (Å²) < 4.78 is 33.1. The van der Waals surface area contributed by atoms with E-state index in [0.717, 1.165) is 24.7 Å². The first-order valence-corrected chi connectivity index (χ1v) is 11.0. The van der Waals surface area contributed by atoms with Crippen LogP contribution in [0, 0.1) is 0 Å². The van der Waals surface area contributed by atoms with Crippen LogP contribution in [0.3, 0.4) is 0 Å².